The molecule has 0 amide bonds. The van der Waals surface area contributed by atoms with Crippen molar-refractivity contribution in [1.29, 1.82) is 0 Å². The highest BCUT2D eigenvalue weighted by Crippen LogP contribution is 1.94. The standard InChI is InChI=1S/C11H20N2O3/c1-10(8-15-2)16-9-11(14)7-12-13-5-3-4-6-13/h3-6,10-12,14H,7-9H2,1-2H3. The van der Waals surface area contributed by atoms with Gasteiger partial charge in [0, 0.05) is 19.5 Å². The summed E-state index contributed by atoms with van der Waals surface area (Å²) >= 11 is 0. The number of hydrogen-bond donors (Lipinski definition) is 2. The quantitative estimate of drug-likeness (QED) is 0.678. The lowest BCUT2D eigenvalue weighted by atomic mass is 10.3. The van der Waals surface area contributed by atoms with Crippen molar-refractivity contribution in [2.75, 3.05) is 32.3 Å². The first-order chi connectivity index (χ1) is 7.72. The van der Waals surface area contributed by atoms with Gasteiger partial charge in [-0.15, -0.1) is 0 Å². The van der Waals surface area contributed by atoms with Crippen LogP contribution in [0.15, 0.2) is 24.5 Å². The SMILES string of the molecule is COCC(C)OCC(O)CNn1cccc1. The van der Waals surface area contributed by atoms with Crippen molar-refractivity contribution in [3.8, 4) is 0 Å². The molecule has 0 saturated carbocycles. The second-order valence-corrected chi connectivity index (χ2v) is 3.71. The molecule has 5 heteroatoms. The second-order valence-electron chi connectivity index (χ2n) is 3.71. The molecule has 0 bridgehead atoms. The van der Waals surface area contributed by atoms with Crippen LogP contribution in [0.5, 0.6) is 0 Å². The smallest absolute Gasteiger partial charge is 0.0961 e. The average Bonchev–Trinajstić information content (AvgIpc) is 2.77. The van der Waals surface area contributed by atoms with E-state index in [4.69, 9.17) is 9.47 Å². The Bertz CT molecular complexity index is 264. The third-order valence-corrected chi connectivity index (χ3v) is 2.09. The Hall–Kier alpha value is -1.04. The molecule has 92 valence electrons. The van der Waals surface area contributed by atoms with Gasteiger partial charge in [0.15, 0.2) is 0 Å². The highest BCUT2D eigenvalue weighted by Gasteiger charge is 2.07. The van der Waals surface area contributed by atoms with Crippen molar-refractivity contribution in [3.63, 3.8) is 0 Å². The summed E-state index contributed by atoms with van der Waals surface area (Å²) in [5.74, 6) is 0. The Morgan fingerprint density at radius 3 is 2.62 bits per heavy atom. The van der Waals surface area contributed by atoms with E-state index in [1.807, 2.05) is 31.5 Å². The van der Waals surface area contributed by atoms with Gasteiger partial charge in [-0.3, -0.25) is 4.68 Å². The van der Waals surface area contributed by atoms with E-state index in [1.54, 1.807) is 11.8 Å². The van der Waals surface area contributed by atoms with E-state index < -0.39 is 6.10 Å². The van der Waals surface area contributed by atoms with Crippen LogP contribution in [0.3, 0.4) is 0 Å². The van der Waals surface area contributed by atoms with Gasteiger partial charge >= 0.3 is 0 Å². The molecule has 0 radical (unpaired) electrons. The van der Waals surface area contributed by atoms with Crippen molar-refractivity contribution < 1.29 is 14.6 Å². The number of hydrogen-bond acceptors (Lipinski definition) is 4. The topological polar surface area (TPSA) is 55.6 Å². The zero-order valence-corrected chi connectivity index (χ0v) is 9.80. The molecule has 2 N–H and O–H groups in total. The molecule has 0 aliphatic carbocycles. The van der Waals surface area contributed by atoms with Crippen LogP contribution in [-0.2, 0) is 9.47 Å². The Morgan fingerprint density at radius 2 is 2.00 bits per heavy atom. The van der Waals surface area contributed by atoms with Crippen molar-refractivity contribution in [2.24, 2.45) is 0 Å². The molecular weight excluding hydrogens is 208 g/mol. The van der Waals surface area contributed by atoms with Crippen LogP contribution in [0, 0.1) is 0 Å². The van der Waals surface area contributed by atoms with Crippen LogP contribution >= 0.6 is 0 Å². The summed E-state index contributed by atoms with van der Waals surface area (Å²) in [4.78, 5) is 0. The molecule has 0 spiro atoms. The van der Waals surface area contributed by atoms with Gasteiger partial charge in [0.1, 0.15) is 0 Å². The lowest BCUT2D eigenvalue weighted by molar-refractivity contribution is -0.0287. The fraction of sp³-hybridized carbons (Fsp3) is 0.636. The number of nitrogens with one attached hydrogen (secondary N) is 1. The highest BCUT2D eigenvalue weighted by molar-refractivity contribution is 4.93. The number of methoxy groups -OCH3 is 1. The normalized spacial score (nSPS) is 14.7. The fourth-order valence-corrected chi connectivity index (χ4v) is 1.27. The number of rotatable bonds is 8. The molecule has 1 aromatic rings. The molecule has 1 rings (SSSR count). The third-order valence-electron chi connectivity index (χ3n) is 2.09. The highest BCUT2D eigenvalue weighted by atomic mass is 16.5. The molecule has 1 aromatic heterocycles. The maximum absolute atomic E-state index is 9.62. The minimum absolute atomic E-state index is 0.00577. The van der Waals surface area contributed by atoms with Gasteiger partial charge in [-0.2, -0.15) is 0 Å². The van der Waals surface area contributed by atoms with Gasteiger partial charge in [-0.25, -0.2) is 0 Å². The average molecular weight is 228 g/mol. The predicted octanol–water partition coefficient (Wildman–Crippen LogP) is 0.444. The van der Waals surface area contributed by atoms with Crippen molar-refractivity contribution in [2.45, 2.75) is 19.1 Å². The number of aliphatic hydroxyl groups excluding tert-OH is 1. The van der Waals surface area contributed by atoms with E-state index in [9.17, 15) is 5.11 Å². The molecule has 5 nitrogen and oxygen atoms in total. The van der Waals surface area contributed by atoms with Crippen LogP contribution in [0.1, 0.15) is 6.92 Å². The first kappa shape index (κ1) is 13.0. The molecule has 0 fully saturated rings. The van der Waals surface area contributed by atoms with Gasteiger partial charge in [0.2, 0.25) is 0 Å². The number of ether oxygens (including phenoxy) is 2. The lowest BCUT2D eigenvalue weighted by Gasteiger charge is -2.17. The van der Waals surface area contributed by atoms with E-state index in [0.29, 0.717) is 19.8 Å². The maximum atomic E-state index is 9.62. The van der Waals surface area contributed by atoms with Crippen LogP contribution < -0.4 is 5.43 Å². The van der Waals surface area contributed by atoms with E-state index in [1.165, 1.54) is 0 Å². The van der Waals surface area contributed by atoms with Crippen LogP contribution in [0.2, 0.25) is 0 Å². The number of nitrogens with zero attached hydrogens (tertiary/aromatic N) is 1. The van der Waals surface area contributed by atoms with Gasteiger partial charge < -0.3 is 20.0 Å². The summed E-state index contributed by atoms with van der Waals surface area (Å²) in [7, 11) is 1.63. The Balaban J connectivity index is 2.09. The largest absolute Gasteiger partial charge is 0.389 e. The van der Waals surface area contributed by atoms with Crippen LogP contribution in [0.25, 0.3) is 0 Å². The molecule has 0 aliphatic rings. The van der Waals surface area contributed by atoms with Gasteiger partial charge in [0.05, 0.1) is 32.0 Å². The summed E-state index contributed by atoms with van der Waals surface area (Å²) in [5, 5.41) is 9.62. The molecule has 0 aliphatic heterocycles. The zero-order chi connectivity index (χ0) is 11.8. The molecule has 1 heterocycles. The number of aromatic nitrogens is 1. The molecular formula is C11H20N2O3. The van der Waals surface area contributed by atoms with Gasteiger partial charge in [-0.1, -0.05) is 0 Å². The van der Waals surface area contributed by atoms with Gasteiger partial charge in [0.25, 0.3) is 0 Å². The first-order valence-electron chi connectivity index (χ1n) is 5.38. The van der Waals surface area contributed by atoms with Gasteiger partial charge in [-0.05, 0) is 19.1 Å². The molecule has 0 aromatic carbocycles. The summed E-state index contributed by atoms with van der Waals surface area (Å²) < 4.78 is 12.1. The third kappa shape index (κ3) is 5.16. The Kier molecular flexibility index (Phi) is 5.92. The summed E-state index contributed by atoms with van der Waals surface area (Å²) in [6, 6.07) is 3.83. The van der Waals surface area contributed by atoms with E-state index >= 15 is 0 Å². The molecule has 2 atom stereocenters. The summed E-state index contributed by atoms with van der Waals surface area (Å²) in [6.45, 7) is 3.21. The fourth-order valence-electron chi connectivity index (χ4n) is 1.27. The van der Waals surface area contributed by atoms with E-state index in [2.05, 4.69) is 5.43 Å². The van der Waals surface area contributed by atoms with E-state index in [-0.39, 0.29) is 6.10 Å². The molecule has 0 saturated heterocycles. The Morgan fingerprint density at radius 1 is 1.31 bits per heavy atom. The number of aliphatic hydroxyl groups is 1. The zero-order valence-electron chi connectivity index (χ0n) is 9.80. The second kappa shape index (κ2) is 7.27. The van der Waals surface area contributed by atoms with E-state index in [0.717, 1.165) is 0 Å². The predicted molar refractivity (Wildman–Crippen MR) is 62.0 cm³/mol. The Labute approximate surface area is 95.9 Å². The summed E-state index contributed by atoms with van der Waals surface area (Å²) in [5.41, 5.74) is 3.04. The van der Waals surface area contributed by atoms with Crippen molar-refractivity contribution in [3.05, 3.63) is 24.5 Å². The van der Waals surface area contributed by atoms with Crippen molar-refractivity contribution in [1.82, 2.24) is 4.68 Å². The van der Waals surface area contributed by atoms with Crippen LogP contribution in [-0.4, -0.2) is 48.9 Å². The minimum Gasteiger partial charge on any atom is -0.389 e. The first-order valence-corrected chi connectivity index (χ1v) is 5.38. The monoisotopic (exact) mass is 228 g/mol. The molecule has 16 heavy (non-hydrogen) atoms. The van der Waals surface area contributed by atoms with Crippen molar-refractivity contribution >= 4 is 0 Å². The lowest BCUT2D eigenvalue weighted by Crippen LogP contribution is -2.31. The van der Waals surface area contributed by atoms with Crippen LogP contribution in [0.4, 0.5) is 0 Å². The molecule has 2 unspecified atom stereocenters. The minimum atomic E-state index is -0.526. The maximum Gasteiger partial charge on any atom is 0.0961 e. The summed E-state index contributed by atoms with van der Waals surface area (Å²) in [6.07, 6.45) is 3.23.